The fraction of sp³-hybridized carbons (Fsp3) is 0.250. The summed E-state index contributed by atoms with van der Waals surface area (Å²) in [5.41, 5.74) is 1.82. The molecule has 0 amide bonds. The minimum absolute atomic E-state index is 0.0734. The number of nitrogens with one attached hydrogen (secondary N) is 1. The largest absolute Gasteiger partial charge is 0.481 e. The Morgan fingerprint density at radius 1 is 1.33 bits per heavy atom. The Bertz CT molecular complexity index is 446. The third-order valence-electron chi connectivity index (χ3n) is 2.02. The van der Waals surface area contributed by atoms with Gasteiger partial charge in [0.05, 0.1) is 6.42 Å². The Morgan fingerprint density at radius 2 is 2.00 bits per heavy atom. The lowest BCUT2D eigenvalue weighted by atomic mass is 10.1. The quantitative estimate of drug-likeness (QED) is 0.792. The molecule has 1 heterocycles. The molecular weight excluding hydrogens is 190 g/mol. The van der Waals surface area contributed by atoms with E-state index in [1.54, 1.807) is 6.20 Å². The van der Waals surface area contributed by atoms with Crippen molar-refractivity contribution in [3.8, 4) is 0 Å². The van der Waals surface area contributed by atoms with E-state index in [0.29, 0.717) is 0 Å². The van der Waals surface area contributed by atoms with Crippen molar-refractivity contribution in [2.24, 2.45) is 0 Å². The number of benzene rings is 1. The summed E-state index contributed by atoms with van der Waals surface area (Å²) in [5, 5.41) is 9.62. The minimum atomic E-state index is -0.801. The van der Waals surface area contributed by atoms with Crippen LogP contribution in [0.15, 0.2) is 30.5 Å². The number of hydrogen-bond acceptors (Lipinski definition) is 1. The summed E-state index contributed by atoms with van der Waals surface area (Å²) in [4.78, 5) is 13.5. The van der Waals surface area contributed by atoms with E-state index in [2.05, 4.69) is 4.98 Å². The second-order valence-corrected chi connectivity index (χ2v) is 2.93. The number of H-pyrrole nitrogens is 1. The number of aromatic amines is 1. The van der Waals surface area contributed by atoms with Gasteiger partial charge in [-0.1, -0.05) is 32.0 Å². The molecule has 0 spiro atoms. The van der Waals surface area contributed by atoms with Crippen LogP contribution in [0.1, 0.15) is 19.4 Å². The third-order valence-corrected chi connectivity index (χ3v) is 2.02. The van der Waals surface area contributed by atoms with Crippen molar-refractivity contribution in [2.45, 2.75) is 20.3 Å². The molecular formula is C12H15NO2. The standard InChI is InChI=1S/C10H9NO2.C2H6/c12-10(13)5-7-6-11-9-4-2-1-3-8(7)9;1-2/h1-4,6,11H,5H2,(H,12,13);1-2H3. The molecule has 0 aliphatic heterocycles. The molecule has 0 saturated carbocycles. The van der Waals surface area contributed by atoms with E-state index >= 15 is 0 Å². The molecule has 0 unspecified atom stereocenters. The van der Waals surface area contributed by atoms with E-state index in [1.165, 1.54) is 0 Å². The van der Waals surface area contributed by atoms with Crippen molar-refractivity contribution in [3.63, 3.8) is 0 Å². The van der Waals surface area contributed by atoms with Crippen LogP contribution >= 0.6 is 0 Å². The second-order valence-electron chi connectivity index (χ2n) is 2.93. The molecule has 3 heteroatoms. The van der Waals surface area contributed by atoms with E-state index in [-0.39, 0.29) is 6.42 Å². The van der Waals surface area contributed by atoms with Crippen LogP contribution in [0.5, 0.6) is 0 Å². The summed E-state index contributed by atoms with van der Waals surface area (Å²) in [6, 6.07) is 7.68. The zero-order valence-electron chi connectivity index (χ0n) is 8.95. The maximum Gasteiger partial charge on any atom is 0.307 e. The highest BCUT2D eigenvalue weighted by Gasteiger charge is 2.05. The number of aromatic nitrogens is 1. The molecule has 0 bridgehead atoms. The normalized spacial score (nSPS) is 9.47. The third kappa shape index (κ3) is 2.59. The molecule has 0 aliphatic carbocycles. The number of carboxylic acid groups (broad SMARTS) is 1. The van der Waals surface area contributed by atoms with Crippen LogP contribution < -0.4 is 0 Å². The van der Waals surface area contributed by atoms with Crippen molar-refractivity contribution in [3.05, 3.63) is 36.0 Å². The zero-order valence-corrected chi connectivity index (χ0v) is 8.95. The summed E-state index contributed by atoms with van der Waals surface area (Å²) < 4.78 is 0. The van der Waals surface area contributed by atoms with Gasteiger partial charge in [0.25, 0.3) is 0 Å². The molecule has 1 aromatic heterocycles. The number of carbonyl (C=O) groups is 1. The molecule has 15 heavy (non-hydrogen) atoms. The summed E-state index contributed by atoms with van der Waals surface area (Å²) in [6.07, 6.45) is 1.82. The molecule has 0 atom stereocenters. The maximum absolute atomic E-state index is 10.5. The molecule has 0 fully saturated rings. The summed E-state index contributed by atoms with van der Waals surface area (Å²) in [6.45, 7) is 4.00. The average molecular weight is 205 g/mol. The number of carboxylic acids is 1. The molecule has 80 valence electrons. The fourth-order valence-corrected chi connectivity index (χ4v) is 1.44. The predicted octanol–water partition coefficient (Wildman–Crippen LogP) is 2.82. The van der Waals surface area contributed by atoms with Gasteiger partial charge in [0, 0.05) is 17.1 Å². The van der Waals surface area contributed by atoms with E-state index in [4.69, 9.17) is 5.11 Å². The van der Waals surface area contributed by atoms with Crippen molar-refractivity contribution < 1.29 is 9.90 Å². The van der Waals surface area contributed by atoms with Crippen LogP contribution in [0.25, 0.3) is 10.9 Å². The zero-order chi connectivity index (χ0) is 11.3. The Morgan fingerprint density at radius 3 is 2.67 bits per heavy atom. The van der Waals surface area contributed by atoms with Gasteiger partial charge in [0.15, 0.2) is 0 Å². The van der Waals surface area contributed by atoms with Crippen molar-refractivity contribution in [2.75, 3.05) is 0 Å². The van der Waals surface area contributed by atoms with Gasteiger partial charge in [-0.3, -0.25) is 4.79 Å². The highest BCUT2D eigenvalue weighted by molar-refractivity contribution is 5.86. The summed E-state index contributed by atoms with van der Waals surface area (Å²) >= 11 is 0. The second kappa shape index (κ2) is 5.20. The van der Waals surface area contributed by atoms with Crippen LogP contribution in [-0.2, 0) is 11.2 Å². The Labute approximate surface area is 88.7 Å². The number of para-hydroxylation sites is 1. The predicted molar refractivity (Wildman–Crippen MR) is 61.0 cm³/mol. The van der Waals surface area contributed by atoms with Crippen molar-refractivity contribution in [1.82, 2.24) is 4.98 Å². The first-order chi connectivity index (χ1) is 7.27. The highest BCUT2D eigenvalue weighted by Crippen LogP contribution is 2.17. The molecule has 0 saturated heterocycles. The number of rotatable bonds is 2. The van der Waals surface area contributed by atoms with E-state index < -0.39 is 5.97 Å². The maximum atomic E-state index is 10.5. The topological polar surface area (TPSA) is 53.1 Å². The number of aliphatic carboxylic acids is 1. The van der Waals surface area contributed by atoms with Crippen LogP contribution in [0.4, 0.5) is 0 Å². The molecule has 2 rings (SSSR count). The van der Waals surface area contributed by atoms with Gasteiger partial charge >= 0.3 is 5.97 Å². The van der Waals surface area contributed by atoms with Gasteiger partial charge in [-0.2, -0.15) is 0 Å². The van der Waals surface area contributed by atoms with Gasteiger partial charge in [-0.05, 0) is 11.6 Å². The van der Waals surface area contributed by atoms with E-state index in [0.717, 1.165) is 16.5 Å². The molecule has 1 aromatic carbocycles. The highest BCUT2D eigenvalue weighted by atomic mass is 16.4. The van der Waals surface area contributed by atoms with Gasteiger partial charge < -0.3 is 10.1 Å². The van der Waals surface area contributed by atoms with Crippen molar-refractivity contribution >= 4 is 16.9 Å². The van der Waals surface area contributed by atoms with Crippen LogP contribution in [-0.4, -0.2) is 16.1 Å². The molecule has 2 N–H and O–H groups in total. The van der Waals surface area contributed by atoms with Crippen LogP contribution in [0, 0.1) is 0 Å². The van der Waals surface area contributed by atoms with Gasteiger partial charge in [0.2, 0.25) is 0 Å². The van der Waals surface area contributed by atoms with Gasteiger partial charge in [-0.25, -0.2) is 0 Å². The minimum Gasteiger partial charge on any atom is -0.481 e. The van der Waals surface area contributed by atoms with Gasteiger partial charge in [-0.15, -0.1) is 0 Å². The first-order valence-electron chi connectivity index (χ1n) is 5.04. The Kier molecular flexibility index (Phi) is 3.92. The number of hydrogen-bond donors (Lipinski definition) is 2. The summed E-state index contributed by atoms with van der Waals surface area (Å²) in [7, 11) is 0. The first-order valence-corrected chi connectivity index (χ1v) is 5.04. The molecule has 0 radical (unpaired) electrons. The Hall–Kier alpha value is -1.77. The van der Waals surface area contributed by atoms with Gasteiger partial charge in [0.1, 0.15) is 0 Å². The Balaban J connectivity index is 0.000000531. The SMILES string of the molecule is CC.O=C(O)Cc1c[nH]c2ccccc12. The van der Waals surface area contributed by atoms with E-state index in [9.17, 15) is 4.79 Å². The monoisotopic (exact) mass is 205 g/mol. The molecule has 3 nitrogen and oxygen atoms in total. The van der Waals surface area contributed by atoms with Crippen LogP contribution in [0.2, 0.25) is 0 Å². The first kappa shape index (κ1) is 11.3. The molecule has 0 aliphatic rings. The van der Waals surface area contributed by atoms with E-state index in [1.807, 2.05) is 38.1 Å². The fourth-order valence-electron chi connectivity index (χ4n) is 1.44. The lowest BCUT2D eigenvalue weighted by Gasteiger charge is -1.92. The molecule has 2 aromatic rings. The lowest BCUT2D eigenvalue weighted by Crippen LogP contribution is -1.98. The van der Waals surface area contributed by atoms with Crippen molar-refractivity contribution in [1.29, 1.82) is 0 Å². The number of fused-ring (bicyclic) bond motifs is 1. The summed E-state index contributed by atoms with van der Waals surface area (Å²) in [5.74, 6) is -0.801. The lowest BCUT2D eigenvalue weighted by molar-refractivity contribution is -0.136. The van der Waals surface area contributed by atoms with Crippen LogP contribution in [0.3, 0.4) is 0 Å². The average Bonchev–Trinajstić information content (AvgIpc) is 2.64. The smallest absolute Gasteiger partial charge is 0.307 e.